The maximum absolute atomic E-state index is 12.1. The molecule has 3 rings (SSSR count). The van der Waals surface area contributed by atoms with E-state index in [9.17, 15) is 4.79 Å². The van der Waals surface area contributed by atoms with E-state index in [-0.39, 0.29) is 12.3 Å². The fourth-order valence-corrected chi connectivity index (χ4v) is 2.96. The van der Waals surface area contributed by atoms with Crippen molar-refractivity contribution < 1.29 is 14.3 Å². The molecule has 2 aliphatic rings. The number of carbonyl (C=O) groups is 1. The van der Waals surface area contributed by atoms with Crippen LogP contribution in [0.1, 0.15) is 45.4 Å². The Morgan fingerprint density at radius 2 is 2.23 bits per heavy atom. The normalized spacial score (nSPS) is 20.0. The van der Waals surface area contributed by atoms with E-state index in [2.05, 4.69) is 15.5 Å². The molecule has 3 heterocycles. The topological polar surface area (TPSA) is 76.1 Å². The molecule has 26 heavy (non-hydrogen) atoms. The molecular formula is C18H23ClN4O3. The molecule has 7 nitrogen and oxygen atoms in total. The molecule has 0 aliphatic carbocycles. The highest BCUT2D eigenvalue weighted by atomic mass is 35.5. The van der Waals surface area contributed by atoms with Crippen LogP contribution in [0, 0.1) is 0 Å². The first-order chi connectivity index (χ1) is 12.2. The van der Waals surface area contributed by atoms with Crippen LogP contribution in [-0.4, -0.2) is 46.8 Å². The van der Waals surface area contributed by atoms with Gasteiger partial charge in [0.05, 0.1) is 16.3 Å². The number of nitrogens with one attached hydrogen (secondary N) is 1. The highest BCUT2D eigenvalue weighted by molar-refractivity contribution is 6.32. The first-order valence-corrected chi connectivity index (χ1v) is 8.94. The van der Waals surface area contributed by atoms with Gasteiger partial charge in [0.15, 0.2) is 6.23 Å². The molecule has 2 aliphatic heterocycles. The Hall–Kier alpha value is -2.28. The minimum absolute atomic E-state index is 0.164. The molecule has 0 radical (unpaired) electrons. The van der Waals surface area contributed by atoms with Gasteiger partial charge >= 0.3 is 6.09 Å². The van der Waals surface area contributed by atoms with Gasteiger partial charge in [-0.15, -0.1) is 5.10 Å². The van der Waals surface area contributed by atoms with Gasteiger partial charge < -0.3 is 14.4 Å². The summed E-state index contributed by atoms with van der Waals surface area (Å²) >= 11 is 6.42. The molecule has 1 aromatic heterocycles. The maximum Gasteiger partial charge on any atom is 0.410 e. The number of rotatable bonds is 2. The number of ether oxygens (including phenoxy) is 2. The quantitative estimate of drug-likeness (QED) is 0.853. The van der Waals surface area contributed by atoms with Gasteiger partial charge in [-0.05, 0) is 45.8 Å². The van der Waals surface area contributed by atoms with Crippen LogP contribution in [0.25, 0.3) is 5.57 Å². The summed E-state index contributed by atoms with van der Waals surface area (Å²) in [5, 5.41) is 4.63. The van der Waals surface area contributed by atoms with E-state index in [1.54, 1.807) is 17.2 Å². The molecule has 1 N–H and O–H groups in total. The molecule has 8 heteroatoms. The molecule has 1 atom stereocenters. The van der Waals surface area contributed by atoms with Crippen molar-refractivity contribution in [3.63, 3.8) is 0 Å². The lowest BCUT2D eigenvalue weighted by Gasteiger charge is -2.29. The molecule has 0 bridgehead atoms. The van der Waals surface area contributed by atoms with Gasteiger partial charge in [0.1, 0.15) is 5.60 Å². The molecule has 0 fully saturated rings. The minimum atomic E-state index is -0.501. The number of halogens is 1. The van der Waals surface area contributed by atoms with Gasteiger partial charge in [0.2, 0.25) is 5.90 Å². The van der Waals surface area contributed by atoms with E-state index in [4.69, 9.17) is 21.1 Å². The summed E-state index contributed by atoms with van der Waals surface area (Å²) in [5.41, 5.74) is 4.79. The van der Waals surface area contributed by atoms with Gasteiger partial charge in [-0.2, -0.15) is 0 Å². The van der Waals surface area contributed by atoms with Crippen molar-refractivity contribution in [3.8, 4) is 0 Å². The van der Waals surface area contributed by atoms with Gasteiger partial charge in [0.25, 0.3) is 0 Å². The number of carbonyl (C=O) groups excluding carboxylic acids is 1. The summed E-state index contributed by atoms with van der Waals surface area (Å²) < 4.78 is 10.9. The average molecular weight is 379 g/mol. The zero-order chi connectivity index (χ0) is 18.9. The first kappa shape index (κ1) is 18.5. The van der Waals surface area contributed by atoms with Crippen LogP contribution in [0.2, 0.25) is 5.02 Å². The summed E-state index contributed by atoms with van der Waals surface area (Å²) in [4.78, 5) is 18.3. The Bertz CT molecular complexity index is 770. The highest BCUT2D eigenvalue weighted by Gasteiger charge is 2.25. The molecule has 0 spiro atoms. The third kappa shape index (κ3) is 4.27. The van der Waals surface area contributed by atoms with Crippen LogP contribution in [0.5, 0.6) is 0 Å². The van der Waals surface area contributed by atoms with Crippen molar-refractivity contribution in [2.75, 3.05) is 13.1 Å². The Morgan fingerprint density at radius 1 is 1.46 bits per heavy atom. The number of aromatic nitrogens is 1. The molecule has 1 aromatic rings. The summed E-state index contributed by atoms with van der Waals surface area (Å²) in [5.74, 6) is 0.479. The van der Waals surface area contributed by atoms with E-state index in [1.165, 1.54) is 0 Å². The third-order valence-electron chi connectivity index (χ3n) is 3.89. The lowest BCUT2D eigenvalue weighted by molar-refractivity contribution is 0.0270. The Balaban J connectivity index is 1.70. The monoisotopic (exact) mass is 378 g/mol. The van der Waals surface area contributed by atoms with E-state index in [0.29, 0.717) is 30.4 Å². The minimum Gasteiger partial charge on any atom is -0.451 e. The Labute approximate surface area is 158 Å². The van der Waals surface area contributed by atoms with Crippen molar-refractivity contribution >= 4 is 29.2 Å². The number of hydrazone groups is 1. The van der Waals surface area contributed by atoms with E-state index >= 15 is 0 Å². The molecule has 0 saturated heterocycles. The van der Waals surface area contributed by atoms with Crippen LogP contribution < -0.4 is 5.43 Å². The highest BCUT2D eigenvalue weighted by Crippen LogP contribution is 2.28. The van der Waals surface area contributed by atoms with Crippen molar-refractivity contribution in [1.82, 2.24) is 15.3 Å². The zero-order valence-electron chi connectivity index (χ0n) is 15.4. The van der Waals surface area contributed by atoms with Crippen molar-refractivity contribution in [1.29, 1.82) is 0 Å². The number of hydrogen-bond acceptors (Lipinski definition) is 6. The Kier molecular flexibility index (Phi) is 5.09. The average Bonchev–Trinajstić information content (AvgIpc) is 3.00. The zero-order valence-corrected chi connectivity index (χ0v) is 16.1. The van der Waals surface area contributed by atoms with Crippen LogP contribution in [-0.2, 0) is 9.47 Å². The number of pyridine rings is 1. The smallest absolute Gasteiger partial charge is 0.410 e. The maximum atomic E-state index is 12.1. The predicted molar refractivity (Wildman–Crippen MR) is 99.9 cm³/mol. The van der Waals surface area contributed by atoms with Crippen LogP contribution in [0.15, 0.2) is 23.4 Å². The van der Waals surface area contributed by atoms with Crippen LogP contribution >= 0.6 is 11.6 Å². The van der Waals surface area contributed by atoms with Crippen LogP contribution in [0.3, 0.4) is 0 Å². The fourth-order valence-electron chi connectivity index (χ4n) is 2.67. The largest absolute Gasteiger partial charge is 0.451 e. The summed E-state index contributed by atoms with van der Waals surface area (Å²) in [6, 6.07) is 1.80. The summed E-state index contributed by atoms with van der Waals surface area (Å²) in [6.07, 6.45) is 3.86. The van der Waals surface area contributed by atoms with Gasteiger partial charge in [-0.1, -0.05) is 17.7 Å². The second-order valence-corrected chi connectivity index (χ2v) is 7.67. The second kappa shape index (κ2) is 7.15. The van der Waals surface area contributed by atoms with E-state index in [0.717, 1.165) is 16.8 Å². The molecular weight excluding hydrogens is 356 g/mol. The molecule has 0 saturated carbocycles. The first-order valence-electron chi connectivity index (χ1n) is 8.56. The van der Waals surface area contributed by atoms with Crippen molar-refractivity contribution in [3.05, 3.63) is 34.6 Å². The number of hydrogen-bond donors (Lipinski definition) is 1. The van der Waals surface area contributed by atoms with E-state index < -0.39 is 5.60 Å². The lowest BCUT2D eigenvalue weighted by atomic mass is 10.0. The molecule has 0 aromatic carbocycles. The number of nitrogens with zero attached hydrogens (tertiary/aromatic N) is 3. The predicted octanol–water partition coefficient (Wildman–Crippen LogP) is 3.39. The molecule has 140 valence electrons. The second-order valence-electron chi connectivity index (χ2n) is 7.27. The number of amides is 1. The Morgan fingerprint density at radius 3 is 2.77 bits per heavy atom. The van der Waals surface area contributed by atoms with Crippen molar-refractivity contribution in [2.45, 2.75) is 45.9 Å². The summed E-state index contributed by atoms with van der Waals surface area (Å²) in [7, 11) is 0. The standard InChI is InChI=1S/C18H23ClN4O3/c1-11-21-22-16(25-11)13-9-14(19)15(20-10-13)12-5-7-23(8-6-12)17(24)26-18(2,3)4/h5,9-11,21H,6-8H2,1-4H3. The molecule has 1 amide bonds. The van der Waals surface area contributed by atoms with Gasteiger partial charge in [0, 0.05) is 19.3 Å². The molecule has 1 unspecified atom stereocenters. The van der Waals surface area contributed by atoms with Gasteiger partial charge in [-0.25, -0.2) is 4.79 Å². The lowest BCUT2D eigenvalue weighted by Crippen LogP contribution is -2.39. The third-order valence-corrected chi connectivity index (χ3v) is 4.18. The van der Waals surface area contributed by atoms with E-state index in [1.807, 2.05) is 33.8 Å². The van der Waals surface area contributed by atoms with Crippen molar-refractivity contribution in [2.24, 2.45) is 5.10 Å². The SMILES string of the molecule is CC1NN=C(c2cnc(C3=CCN(C(=O)OC(C)(C)C)CC3)c(Cl)c2)O1. The fraction of sp³-hybridized carbons (Fsp3) is 0.500. The van der Waals surface area contributed by atoms with Crippen LogP contribution in [0.4, 0.5) is 4.79 Å². The van der Waals surface area contributed by atoms with Gasteiger partial charge in [-0.3, -0.25) is 10.4 Å². The summed E-state index contributed by atoms with van der Waals surface area (Å²) in [6.45, 7) is 8.48.